The van der Waals surface area contributed by atoms with Gasteiger partial charge in [0.1, 0.15) is 16.3 Å². The molecule has 1 aromatic carbocycles. The van der Waals surface area contributed by atoms with Gasteiger partial charge in [0.2, 0.25) is 0 Å². The van der Waals surface area contributed by atoms with Gasteiger partial charge >= 0.3 is 0 Å². The lowest BCUT2D eigenvalue weighted by Crippen LogP contribution is -2.03. The zero-order valence-corrected chi connectivity index (χ0v) is 9.92. The monoisotopic (exact) mass is 280 g/mol. The minimum Gasteiger partial charge on any atom is -0.497 e. The third-order valence-corrected chi connectivity index (χ3v) is 2.85. The summed E-state index contributed by atoms with van der Waals surface area (Å²) >= 11 is 2.92. The van der Waals surface area contributed by atoms with Gasteiger partial charge < -0.3 is 9.47 Å². The molecule has 0 fully saturated rings. The van der Waals surface area contributed by atoms with Crippen molar-refractivity contribution < 1.29 is 18.3 Å². The van der Waals surface area contributed by atoms with E-state index >= 15 is 0 Å². The highest BCUT2D eigenvalue weighted by molar-refractivity contribution is 9.09. The van der Waals surface area contributed by atoms with E-state index in [-0.39, 0.29) is 0 Å². The fraction of sp³-hybridized carbons (Fsp3) is 0.400. The molecule has 0 aromatic heterocycles. The van der Waals surface area contributed by atoms with E-state index < -0.39 is 11.3 Å². The number of rotatable bonds is 4. The molecular formula is C10H11BrF2O2. The molecule has 2 nitrogen and oxygen atoms in total. The molecule has 0 radical (unpaired) electrons. The van der Waals surface area contributed by atoms with E-state index in [1.165, 1.54) is 14.2 Å². The Morgan fingerprint density at radius 2 is 1.87 bits per heavy atom. The number of hydrogen-bond donors (Lipinski definition) is 0. The van der Waals surface area contributed by atoms with Crippen LogP contribution < -0.4 is 9.47 Å². The SMILES string of the molecule is COc1ccc(C(Br)C(F)F)c(OC)c1. The second-order valence-electron chi connectivity index (χ2n) is 2.84. The number of methoxy groups -OCH3 is 2. The molecule has 1 atom stereocenters. The summed E-state index contributed by atoms with van der Waals surface area (Å²) in [5, 5.41) is 0. The molecule has 0 heterocycles. The van der Waals surface area contributed by atoms with Crippen molar-refractivity contribution in [3.05, 3.63) is 23.8 Å². The van der Waals surface area contributed by atoms with Crippen molar-refractivity contribution in [2.24, 2.45) is 0 Å². The van der Waals surface area contributed by atoms with E-state index in [9.17, 15) is 8.78 Å². The number of alkyl halides is 3. The van der Waals surface area contributed by atoms with Gasteiger partial charge in [-0.25, -0.2) is 8.78 Å². The Hall–Kier alpha value is -0.840. The molecule has 0 aliphatic carbocycles. The predicted octanol–water partition coefficient (Wildman–Crippen LogP) is 3.40. The van der Waals surface area contributed by atoms with Crippen molar-refractivity contribution in [3.63, 3.8) is 0 Å². The van der Waals surface area contributed by atoms with E-state index in [1.807, 2.05) is 0 Å². The van der Waals surface area contributed by atoms with E-state index in [4.69, 9.17) is 9.47 Å². The van der Waals surface area contributed by atoms with Crippen LogP contribution >= 0.6 is 15.9 Å². The topological polar surface area (TPSA) is 18.5 Å². The third-order valence-electron chi connectivity index (χ3n) is 1.96. The molecule has 0 aliphatic heterocycles. The maximum atomic E-state index is 12.5. The highest BCUT2D eigenvalue weighted by Gasteiger charge is 2.22. The van der Waals surface area contributed by atoms with Crippen molar-refractivity contribution in [2.45, 2.75) is 11.3 Å². The van der Waals surface area contributed by atoms with Gasteiger partial charge in [-0.1, -0.05) is 22.0 Å². The number of hydrogen-bond acceptors (Lipinski definition) is 2. The Kier molecular flexibility index (Phi) is 4.32. The first-order valence-electron chi connectivity index (χ1n) is 4.24. The summed E-state index contributed by atoms with van der Waals surface area (Å²) in [7, 11) is 2.94. The van der Waals surface area contributed by atoms with Gasteiger partial charge in [-0.2, -0.15) is 0 Å². The largest absolute Gasteiger partial charge is 0.497 e. The van der Waals surface area contributed by atoms with Crippen LogP contribution in [0.15, 0.2) is 18.2 Å². The van der Waals surface area contributed by atoms with Gasteiger partial charge in [-0.15, -0.1) is 0 Å². The lowest BCUT2D eigenvalue weighted by atomic mass is 10.1. The molecule has 0 amide bonds. The lowest BCUT2D eigenvalue weighted by molar-refractivity contribution is 0.146. The van der Waals surface area contributed by atoms with E-state index in [2.05, 4.69) is 15.9 Å². The molecule has 0 saturated heterocycles. The normalized spacial score (nSPS) is 12.7. The van der Waals surface area contributed by atoms with Crippen LogP contribution in [0.4, 0.5) is 8.78 Å². The first-order valence-corrected chi connectivity index (χ1v) is 5.16. The zero-order chi connectivity index (χ0) is 11.4. The maximum Gasteiger partial charge on any atom is 0.255 e. The van der Waals surface area contributed by atoms with Crippen molar-refractivity contribution in [3.8, 4) is 11.5 Å². The van der Waals surface area contributed by atoms with Crippen molar-refractivity contribution in [1.29, 1.82) is 0 Å². The molecule has 1 aromatic rings. The molecule has 0 bridgehead atoms. The molecule has 5 heteroatoms. The molecule has 1 unspecified atom stereocenters. The second kappa shape index (κ2) is 5.30. The Morgan fingerprint density at radius 1 is 1.20 bits per heavy atom. The quantitative estimate of drug-likeness (QED) is 0.787. The van der Waals surface area contributed by atoms with E-state index in [0.717, 1.165) is 0 Å². The Bertz CT molecular complexity index is 331. The van der Waals surface area contributed by atoms with Crippen molar-refractivity contribution in [1.82, 2.24) is 0 Å². The lowest BCUT2D eigenvalue weighted by Gasteiger charge is -2.14. The molecular weight excluding hydrogens is 270 g/mol. The summed E-state index contributed by atoms with van der Waals surface area (Å²) in [6.07, 6.45) is -2.48. The van der Waals surface area contributed by atoms with Crippen LogP contribution in [0.25, 0.3) is 0 Å². The van der Waals surface area contributed by atoms with E-state index in [0.29, 0.717) is 17.1 Å². The van der Waals surface area contributed by atoms with Gasteiger partial charge in [-0.3, -0.25) is 0 Å². The average Bonchev–Trinajstić information content (AvgIpc) is 2.27. The van der Waals surface area contributed by atoms with Crippen LogP contribution in [-0.4, -0.2) is 20.6 Å². The van der Waals surface area contributed by atoms with Gasteiger partial charge in [-0.05, 0) is 6.07 Å². The Balaban J connectivity index is 3.07. The Morgan fingerprint density at radius 3 is 2.33 bits per heavy atom. The third kappa shape index (κ3) is 2.81. The van der Waals surface area contributed by atoms with Crippen LogP contribution in [-0.2, 0) is 0 Å². The van der Waals surface area contributed by atoms with Gasteiger partial charge in [0, 0.05) is 11.6 Å². The summed E-state index contributed by atoms with van der Waals surface area (Å²) < 4.78 is 34.9. The molecule has 1 rings (SSSR count). The number of halogens is 3. The van der Waals surface area contributed by atoms with Gasteiger partial charge in [0.05, 0.1) is 14.2 Å². The first kappa shape index (κ1) is 12.2. The molecule has 0 saturated carbocycles. The zero-order valence-electron chi connectivity index (χ0n) is 8.34. The Labute approximate surface area is 95.3 Å². The predicted molar refractivity (Wildman–Crippen MR) is 57.2 cm³/mol. The van der Waals surface area contributed by atoms with Gasteiger partial charge in [0.15, 0.2) is 0 Å². The molecule has 15 heavy (non-hydrogen) atoms. The standard InChI is InChI=1S/C10H11BrF2O2/c1-14-6-3-4-7(8(5-6)15-2)9(11)10(12)13/h3-5,9-10H,1-2H3. The van der Waals surface area contributed by atoms with E-state index in [1.54, 1.807) is 18.2 Å². The van der Waals surface area contributed by atoms with Crippen LogP contribution in [0.2, 0.25) is 0 Å². The summed E-state index contributed by atoms with van der Waals surface area (Å²) in [5.74, 6) is 0.959. The molecule has 0 N–H and O–H groups in total. The average molecular weight is 281 g/mol. The fourth-order valence-electron chi connectivity index (χ4n) is 1.18. The van der Waals surface area contributed by atoms with Crippen LogP contribution in [0, 0.1) is 0 Å². The molecule has 0 aliphatic rings. The maximum absolute atomic E-state index is 12.5. The summed E-state index contributed by atoms with van der Waals surface area (Å²) in [6, 6.07) is 4.75. The van der Waals surface area contributed by atoms with Crippen molar-refractivity contribution in [2.75, 3.05) is 14.2 Å². The first-order chi connectivity index (χ1) is 7.10. The second-order valence-corrected chi connectivity index (χ2v) is 3.83. The number of benzene rings is 1. The van der Waals surface area contributed by atoms with Crippen LogP contribution in [0.1, 0.15) is 10.4 Å². The van der Waals surface area contributed by atoms with Crippen LogP contribution in [0.3, 0.4) is 0 Å². The summed E-state index contributed by atoms with van der Waals surface area (Å²) in [5.41, 5.74) is 0.410. The molecule has 0 spiro atoms. The van der Waals surface area contributed by atoms with Crippen LogP contribution in [0.5, 0.6) is 11.5 Å². The van der Waals surface area contributed by atoms with Gasteiger partial charge in [0.25, 0.3) is 6.43 Å². The number of ether oxygens (including phenoxy) is 2. The summed E-state index contributed by atoms with van der Waals surface area (Å²) in [6.45, 7) is 0. The fourth-order valence-corrected chi connectivity index (χ4v) is 1.56. The minimum atomic E-state index is -2.48. The smallest absolute Gasteiger partial charge is 0.255 e. The summed E-state index contributed by atoms with van der Waals surface area (Å²) in [4.78, 5) is -1.03. The van der Waals surface area contributed by atoms with Crippen molar-refractivity contribution >= 4 is 15.9 Å². The molecule has 84 valence electrons. The highest BCUT2D eigenvalue weighted by Crippen LogP contribution is 2.37. The minimum absolute atomic E-state index is 0.386. The highest BCUT2D eigenvalue weighted by atomic mass is 79.9.